The molecule has 4 nitrogen and oxygen atoms in total. The maximum absolute atomic E-state index is 11.7. The van der Waals surface area contributed by atoms with Crippen LogP contribution in [0.3, 0.4) is 0 Å². The van der Waals surface area contributed by atoms with Crippen LogP contribution in [-0.2, 0) is 16.1 Å². The number of aryl methyl sites for hydroxylation is 1. The number of aliphatic hydroxyl groups excluding tert-OH is 1. The molecule has 0 amide bonds. The van der Waals surface area contributed by atoms with Gasteiger partial charge in [-0.25, -0.2) is 4.79 Å². The summed E-state index contributed by atoms with van der Waals surface area (Å²) in [7, 11) is 0. The number of hydrogen-bond donors (Lipinski definition) is 1. The minimum atomic E-state index is -1.24. The number of ether oxygens (including phenoxy) is 1. The highest BCUT2D eigenvalue weighted by molar-refractivity contribution is 6.08. The van der Waals surface area contributed by atoms with Crippen LogP contribution < -0.4 is 0 Å². The lowest BCUT2D eigenvalue weighted by atomic mass is 10.1. The van der Waals surface area contributed by atoms with Crippen molar-refractivity contribution < 1.29 is 14.6 Å². The maximum atomic E-state index is 11.7. The van der Waals surface area contributed by atoms with E-state index in [-0.39, 0.29) is 6.61 Å². The van der Waals surface area contributed by atoms with E-state index in [0.29, 0.717) is 5.56 Å². The van der Waals surface area contributed by atoms with E-state index in [1.807, 2.05) is 24.3 Å². The van der Waals surface area contributed by atoms with Gasteiger partial charge in [-0.3, -0.25) is 0 Å². The van der Waals surface area contributed by atoms with Gasteiger partial charge in [0.1, 0.15) is 0 Å². The Morgan fingerprint density at radius 1 is 1.14 bits per heavy atom. The number of hydrogen-bond acceptors (Lipinski definition) is 3. The first kappa shape index (κ1) is 14.6. The van der Waals surface area contributed by atoms with Crippen LogP contribution in [0.2, 0.25) is 0 Å². The molecule has 22 heavy (non-hydrogen) atoms. The Hall–Kier alpha value is -2.33. The predicted molar refractivity (Wildman–Crippen MR) is 86.7 cm³/mol. The highest BCUT2D eigenvalue weighted by Gasteiger charge is 2.20. The Labute approximate surface area is 128 Å². The van der Waals surface area contributed by atoms with Crippen LogP contribution in [0, 0.1) is 0 Å². The lowest BCUT2D eigenvalue weighted by Gasteiger charge is -2.10. The monoisotopic (exact) mass is 297 g/mol. The molecule has 0 aliphatic rings. The van der Waals surface area contributed by atoms with E-state index >= 15 is 0 Å². The number of rotatable bonds is 4. The number of para-hydroxylation sites is 1. The molecule has 114 valence electrons. The van der Waals surface area contributed by atoms with E-state index in [4.69, 9.17) is 4.74 Å². The smallest absolute Gasteiger partial charge is 0.339 e. The zero-order valence-corrected chi connectivity index (χ0v) is 12.7. The molecule has 0 radical (unpaired) electrons. The maximum Gasteiger partial charge on any atom is 0.339 e. The number of carbonyl (C=O) groups excluding carboxylic acids is 1. The van der Waals surface area contributed by atoms with E-state index < -0.39 is 12.1 Å². The lowest BCUT2D eigenvalue weighted by Crippen LogP contribution is -2.15. The predicted octanol–water partition coefficient (Wildman–Crippen LogP) is 3.41. The summed E-state index contributed by atoms with van der Waals surface area (Å²) in [6.07, 6.45) is -1.24. The normalized spacial score (nSPS) is 12.7. The van der Waals surface area contributed by atoms with Crippen LogP contribution in [0.15, 0.2) is 42.5 Å². The molecule has 0 spiro atoms. The number of aliphatic hydroxyl groups is 1. The van der Waals surface area contributed by atoms with Gasteiger partial charge in [-0.2, -0.15) is 0 Å². The van der Waals surface area contributed by atoms with E-state index in [1.165, 1.54) is 0 Å². The highest BCUT2D eigenvalue weighted by Crippen LogP contribution is 2.31. The minimum absolute atomic E-state index is 0.257. The van der Waals surface area contributed by atoms with Crippen molar-refractivity contribution in [2.75, 3.05) is 6.61 Å². The van der Waals surface area contributed by atoms with Gasteiger partial charge in [-0.05, 0) is 37.6 Å². The van der Waals surface area contributed by atoms with Crippen LogP contribution in [0.25, 0.3) is 21.8 Å². The first-order valence-electron chi connectivity index (χ1n) is 7.53. The summed E-state index contributed by atoms with van der Waals surface area (Å²) in [5.74, 6) is -0.610. The van der Waals surface area contributed by atoms with Crippen LogP contribution in [-0.4, -0.2) is 22.2 Å². The summed E-state index contributed by atoms with van der Waals surface area (Å²) in [6.45, 7) is 4.95. The van der Waals surface area contributed by atoms with Gasteiger partial charge < -0.3 is 14.4 Å². The van der Waals surface area contributed by atoms with Gasteiger partial charge in [0, 0.05) is 28.4 Å². The van der Waals surface area contributed by atoms with Crippen molar-refractivity contribution in [2.45, 2.75) is 26.5 Å². The molecule has 2 aromatic carbocycles. The summed E-state index contributed by atoms with van der Waals surface area (Å²) >= 11 is 0. The largest absolute Gasteiger partial charge is 0.464 e. The molecule has 3 aromatic rings. The molecule has 0 aliphatic carbocycles. The SMILES string of the molecule is CCOC(=O)C(O)c1ccc2c(c1)c1ccccc1n2CC. The molecular formula is C18H19NO3. The second kappa shape index (κ2) is 5.81. The Kier molecular flexibility index (Phi) is 3.86. The second-order valence-electron chi connectivity index (χ2n) is 5.19. The molecule has 0 bridgehead atoms. The minimum Gasteiger partial charge on any atom is -0.464 e. The van der Waals surface area contributed by atoms with Crippen molar-refractivity contribution in [3.63, 3.8) is 0 Å². The van der Waals surface area contributed by atoms with Gasteiger partial charge in [0.15, 0.2) is 6.10 Å². The number of esters is 1. The van der Waals surface area contributed by atoms with Crippen molar-refractivity contribution in [1.29, 1.82) is 0 Å². The van der Waals surface area contributed by atoms with E-state index in [9.17, 15) is 9.90 Å². The van der Waals surface area contributed by atoms with Gasteiger partial charge in [-0.15, -0.1) is 0 Å². The quantitative estimate of drug-likeness (QED) is 0.751. The number of aromatic nitrogens is 1. The van der Waals surface area contributed by atoms with Crippen LogP contribution in [0.5, 0.6) is 0 Å². The molecule has 0 fully saturated rings. The Morgan fingerprint density at radius 2 is 1.86 bits per heavy atom. The highest BCUT2D eigenvalue weighted by atomic mass is 16.5. The fourth-order valence-electron chi connectivity index (χ4n) is 2.94. The third-order valence-electron chi connectivity index (χ3n) is 3.94. The van der Waals surface area contributed by atoms with E-state index in [1.54, 1.807) is 13.0 Å². The molecular weight excluding hydrogens is 278 g/mol. The first-order chi connectivity index (χ1) is 10.7. The van der Waals surface area contributed by atoms with Crippen LogP contribution >= 0.6 is 0 Å². The first-order valence-corrected chi connectivity index (χ1v) is 7.53. The van der Waals surface area contributed by atoms with E-state index in [2.05, 4.69) is 23.6 Å². The summed E-state index contributed by atoms with van der Waals surface area (Å²) in [5, 5.41) is 12.3. The van der Waals surface area contributed by atoms with Crippen LogP contribution in [0.4, 0.5) is 0 Å². The zero-order valence-electron chi connectivity index (χ0n) is 12.7. The molecule has 0 saturated carbocycles. The van der Waals surface area contributed by atoms with Gasteiger partial charge in [0.05, 0.1) is 6.61 Å². The second-order valence-corrected chi connectivity index (χ2v) is 5.19. The average molecular weight is 297 g/mol. The molecule has 1 heterocycles. The third-order valence-corrected chi connectivity index (χ3v) is 3.94. The molecule has 1 unspecified atom stereocenters. The molecule has 1 aromatic heterocycles. The topological polar surface area (TPSA) is 51.5 Å². The van der Waals surface area contributed by atoms with Crippen molar-refractivity contribution in [3.8, 4) is 0 Å². The Bertz CT molecular complexity index is 835. The van der Waals surface area contributed by atoms with Crippen molar-refractivity contribution in [3.05, 3.63) is 48.0 Å². The molecule has 3 rings (SSSR count). The van der Waals surface area contributed by atoms with Gasteiger partial charge in [0.25, 0.3) is 0 Å². The fraction of sp³-hybridized carbons (Fsp3) is 0.278. The summed E-state index contributed by atoms with van der Waals surface area (Å²) in [6, 6.07) is 13.8. The molecule has 0 aliphatic heterocycles. The van der Waals surface area contributed by atoms with Crippen molar-refractivity contribution >= 4 is 27.8 Å². The van der Waals surface area contributed by atoms with E-state index in [0.717, 1.165) is 28.4 Å². The van der Waals surface area contributed by atoms with Gasteiger partial charge in [-0.1, -0.05) is 24.3 Å². The fourth-order valence-corrected chi connectivity index (χ4v) is 2.94. The molecule has 4 heteroatoms. The Morgan fingerprint density at radius 3 is 2.59 bits per heavy atom. The van der Waals surface area contributed by atoms with Crippen molar-refractivity contribution in [1.82, 2.24) is 4.57 Å². The summed E-state index contributed by atoms with van der Waals surface area (Å²) in [4.78, 5) is 11.7. The number of carbonyl (C=O) groups is 1. The third kappa shape index (κ3) is 2.25. The van der Waals surface area contributed by atoms with Crippen LogP contribution in [0.1, 0.15) is 25.5 Å². The van der Waals surface area contributed by atoms with Gasteiger partial charge in [0.2, 0.25) is 0 Å². The number of fused-ring (bicyclic) bond motifs is 3. The van der Waals surface area contributed by atoms with Gasteiger partial charge >= 0.3 is 5.97 Å². The standard InChI is InChI=1S/C18H19NO3/c1-3-19-15-8-6-5-7-13(15)14-11-12(9-10-16(14)19)17(20)18(21)22-4-2/h5-11,17,20H,3-4H2,1-2H3. The average Bonchev–Trinajstić information content (AvgIpc) is 2.87. The zero-order chi connectivity index (χ0) is 15.7. The molecule has 1 N–H and O–H groups in total. The molecule has 0 saturated heterocycles. The Balaban J connectivity index is 2.17. The number of benzene rings is 2. The summed E-state index contributed by atoms with van der Waals surface area (Å²) < 4.78 is 7.12. The van der Waals surface area contributed by atoms with Crippen molar-refractivity contribution in [2.24, 2.45) is 0 Å². The number of nitrogens with zero attached hydrogens (tertiary/aromatic N) is 1. The molecule has 1 atom stereocenters. The lowest BCUT2D eigenvalue weighted by molar-refractivity contribution is -0.153. The summed E-state index contributed by atoms with van der Waals surface area (Å²) in [5.41, 5.74) is 2.82.